The zero-order chi connectivity index (χ0) is 28.8. The van der Waals surface area contributed by atoms with E-state index in [0.29, 0.717) is 28.3 Å². The van der Waals surface area contributed by atoms with Crippen molar-refractivity contribution in [2.24, 2.45) is 10.2 Å². The molecule has 0 aliphatic rings. The van der Waals surface area contributed by atoms with Gasteiger partial charge in [-0.3, -0.25) is 4.57 Å². The molecule has 1 heterocycles. The van der Waals surface area contributed by atoms with Gasteiger partial charge in [-0.05, 0) is 68.4 Å². The number of halogens is 3. The first kappa shape index (κ1) is 28.9. The van der Waals surface area contributed by atoms with Crippen LogP contribution in [0, 0.1) is 0 Å². The predicted octanol–water partition coefficient (Wildman–Crippen LogP) is 7.92. The Morgan fingerprint density at radius 2 is 1.65 bits per heavy atom. The molecule has 0 atom stereocenters. The lowest BCUT2D eigenvalue weighted by molar-refractivity contribution is -0.137. The number of phenolic OH excluding ortho intramolecular Hbond substituents is 1. The molecule has 13 heteroatoms. The van der Waals surface area contributed by atoms with E-state index < -0.39 is 19.3 Å². The molecule has 0 saturated carbocycles. The standard InChI is InChI=1S/C27H25F3N5O4P/c1-3-38-40(37,39-4-2)25-17-20(13-14-24(25)36)34-35-23-8-6-5-7-21(23)22-15-16-31-26(33-22)32-19-11-9-18(10-12-19)27(28,29)30/h5-17,36H,3-4H2,1-2H3,(H,31,32,33)/b35-34+. The van der Waals surface area contributed by atoms with Gasteiger partial charge in [-0.25, -0.2) is 9.97 Å². The molecule has 0 aliphatic carbocycles. The average Bonchev–Trinajstić information content (AvgIpc) is 2.93. The van der Waals surface area contributed by atoms with Crippen LogP contribution in [0.4, 0.5) is 36.2 Å². The van der Waals surface area contributed by atoms with Gasteiger partial charge < -0.3 is 19.5 Å². The van der Waals surface area contributed by atoms with Crippen molar-refractivity contribution in [3.8, 4) is 17.0 Å². The largest absolute Gasteiger partial charge is 0.507 e. The Balaban J connectivity index is 1.60. The topological polar surface area (TPSA) is 118 Å². The number of benzene rings is 3. The second-order valence-corrected chi connectivity index (χ2v) is 10.2. The Kier molecular flexibility index (Phi) is 8.93. The Hall–Kier alpha value is -4.12. The third-order valence-electron chi connectivity index (χ3n) is 5.43. The highest BCUT2D eigenvalue weighted by Crippen LogP contribution is 2.49. The number of alkyl halides is 3. The number of azo groups is 1. The van der Waals surface area contributed by atoms with Gasteiger partial charge in [0.25, 0.3) is 0 Å². The number of anilines is 2. The molecular weight excluding hydrogens is 546 g/mol. The van der Waals surface area contributed by atoms with Gasteiger partial charge in [0, 0.05) is 17.4 Å². The fourth-order valence-electron chi connectivity index (χ4n) is 3.64. The highest BCUT2D eigenvalue weighted by atomic mass is 31.2. The lowest BCUT2D eigenvalue weighted by atomic mass is 10.1. The fourth-order valence-corrected chi connectivity index (χ4v) is 5.32. The van der Waals surface area contributed by atoms with Gasteiger partial charge in [0.15, 0.2) is 0 Å². The number of phenols is 1. The summed E-state index contributed by atoms with van der Waals surface area (Å²) in [5.74, 6) is -0.0755. The van der Waals surface area contributed by atoms with Crippen LogP contribution in [0.15, 0.2) is 89.2 Å². The molecule has 3 aromatic carbocycles. The molecule has 0 bridgehead atoms. The van der Waals surface area contributed by atoms with Gasteiger partial charge in [0.1, 0.15) is 11.1 Å². The quantitative estimate of drug-likeness (QED) is 0.147. The Labute approximate surface area is 228 Å². The van der Waals surface area contributed by atoms with Gasteiger partial charge in [-0.2, -0.15) is 18.3 Å². The van der Waals surface area contributed by atoms with Crippen molar-refractivity contribution in [2.45, 2.75) is 20.0 Å². The molecule has 0 spiro atoms. The highest BCUT2D eigenvalue weighted by Gasteiger charge is 2.31. The number of nitrogens with zero attached hydrogens (tertiary/aromatic N) is 4. The summed E-state index contributed by atoms with van der Waals surface area (Å²) in [4.78, 5) is 8.63. The van der Waals surface area contributed by atoms with E-state index in [-0.39, 0.29) is 30.2 Å². The van der Waals surface area contributed by atoms with E-state index in [4.69, 9.17) is 9.05 Å². The second kappa shape index (κ2) is 12.4. The number of hydrogen-bond acceptors (Lipinski definition) is 9. The average molecular weight is 571 g/mol. The van der Waals surface area contributed by atoms with Crippen molar-refractivity contribution in [3.05, 3.63) is 84.6 Å². The Morgan fingerprint density at radius 1 is 0.950 bits per heavy atom. The normalized spacial score (nSPS) is 12.1. The van der Waals surface area contributed by atoms with Crippen LogP contribution in [-0.2, 0) is 19.8 Å². The SMILES string of the molecule is CCOP(=O)(OCC)c1cc(/N=N/c2ccccc2-c2ccnc(Nc3ccc(C(F)(F)F)cc3)n2)ccc1O. The summed E-state index contributed by atoms with van der Waals surface area (Å²) in [6.45, 7) is 3.57. The Bertz CT molecular complexity index is 1540. The summed E-state index contributed by atoms with van der Waals surface area (Å²) >= 11 is 0. The van der Waals surface area contributed by atoms with E-state index in [9.17, 15) is 22.8 Å². The van der Waals surface area contributed by atoms with Crippen molar-refractivity contribution >= 4 is 35.9 Å². The number of rotatable bonds is 10. The smallest absolute Gasteiger partial charge is 0.416 e. The van der Waals surface area contributed by atoms with Crippen molar-refractivity contribution < 1.29 is 31.9 Å². The third kappa shape index (κ3) is 6.90. The van der Waals surface area contributed by atoms with E-state index in [1.165, 1.54) is 36.5 Å². The maximum Gasteiger partial charge on any atom is 0.416 e. The van der Waals surface area contributed by atoms with Crippen molar-refractivity contribution in [1.29, 1.82) is 0 Å². The molecule has 2 N–H and O–H groups in total. The van der Waals surface area contributed by atoms with Crippen LogP contribution < -0.4 is 10.6 Å². The monoisotopic (exact) mass is 571 g/mol. The summed E-state index contributed by atoms with van der Waals surface area (Å²) in [6, 6.07) is 17.5. The number of aromatic nitrogens is 2. The molecule has 0 radical (unpaired) electrons. The zero-order valence-corrected chi connectivity index (χ0v) is 22.4. The summed E-state index contributed by atoms with van der Waals surface area (Å²) in [6.07, 6.45) is -2.92. The molecular formula is C27H25F3N5O4P. The zero-order valence-electron chi connectivity index (χ0n) is 21.5. The summed E-state index contributed by atoms with van der Waals surface area (Å²) < 4.78 is 62.4. The molecule has 9 nitrogen and oxygen atoms in total. The van der Waals surface area contributed by atoms with E-state index >= 15 is 0 Å². The molecule has 0 amide bonds. The van der Waals surface area contributed by atoms with Crippen LogP contribution in [0.2, 0.25) is 0 Å². The lowest BCUT2D eigenvalue weighted by Crippen LogP contribution is -2.11. The second-order valence-electron chi connectivity index (χ2n) is 8.19. The summed E-state index contributed by atoms with van der Waals surface area (Å²) in [5, 5.41) is 21.8. The first-order valence-corrected chi connectivity index (χ1v) is 13.7. The highest BCUT2D eigenvalue weighted by molar-refractivity contribution is 7.62. The predicted molar refractivity (Wildman–Crippen MR) is 145 cm³/mol. The van der Waals surface area contributed by atoms with Gasteiger partial charge in [-0.15, -0.1) is 5.11 Å². The van der Waals surface area contributed by atoms with Crippen molar-refractivity contribution in [2.75, 3.05) is 18.5 Å². The summed E-state index contributed by atoms with van der Waals surface area (Å²) in [5.41, 5.74) is 1.48. The Morgan fingerprint density at radius 3 is 2.33 bits per heavy atom. The van der Waals surface area contributed by atoms with E-state index in [1.807, 2.05) is 0 Å². The van der Waals surface area contributed by atoms with Crippen LogP contribution in [0.25, 0.3) is 11.3 Å². The molecule has 0 unspecified atom stereocenters. The first-order valence-electron chi connectivity index (χ1n) is 12.1. The molecule has 0 fully saturated rings. The molecule has 1 aromatic heterocycles. The van der Waals surface area contributed by atoms with Crippen molar-refractivity contribution in [3.63, 3.8) is 0 Å². The third-order valence-corrected chi connectivity index (χ3v) is 7.57. The van der Waals surface area contributed by atoms with E-state index in [1.54, 1.807) is 44.2 Å². The minimum atomic E-state index is -4.43. The lowest BCUT2D eigenvalue weighted by Gasteiger charge is -2.18. The van der Waals surface area contributed by atoms with Gasteiger partial charge >= 0.3 is 13.8 Å². The molecule has 0 aliphatic heterocycles. The molecule has 4 aromatic rings. The van der Waals surface area contributed by atoms with Gasteiger partial charge in [0.2, 0.25) is 5.95 Å². The van der Waals surface area contributed by atoms with Crippen LogP contribution >= 0.6 is 7.60 Å². The van der Waals surface area contributed by atoms with E-state index in [0.717, 1.165) is 12.1 Å². The minimum Gasteiger partial charge on any atom is -0.507 e. The fraction of sp³-hybridized carbons (Fsp3) is 0.185. The molecule has 208 valence electrons. The maximum absolute atomic E-state index is 13.2. The van der Waals surface area contributed by atoms with Crippen molar-refractivity contribution in [1.82, 2.24) is 9.97 Å². The summed E-state index contributed by atoms with van der Waals surface area (Å²) in [7, 11) is -3.77. The number of aromatic hydroxyl groups is 1. The maximum atomic E-state index is 13.2. The van der Waals surface area contributed by atoms with Crippen LogP contribution in [0.5, 0.6) is 5.75 Å². The first-order chi connectivity index (χ1) is 19.1. The molecule has 4 rings (SSSR count). The number of hydrogen-bond donors (Lipinski definition) is 2. The van der Waals surface area contributed by atoms with Crippen LogP contribution in [-0.4, -0.2) is 28.3 Å². The molecule has 40 heavy (non-hydrogen) atoms. The van der Waals surface area contributed by atoms with E-state index in [2.05, 4.69) is 25.5 Å². The number of nitrogens with one attached hydrogen (secondary N) is 1. The van der Waals surface area contributed by atoms with Crippen LogP contribution in [0.3, 0.4) is 0 Å². The van der Waals surface area contributed by atoms with Gasteiger partial charge in [-0.1, -0.05) is 18.2 Å². The molecule has 0 saturated heterocycles. The van der Waals surface area contributed by atoms with Crippen LogP contribution in [0.1, 0.15) is 19.4 Å². The minimum absolute atomic E-state index is 0.0179. The van der Waals surface area contributed by atoms with Gasteiger partial charge in [0.05, 0.1) is 35.8 Å².